The van der Waals surface area contributed by atoms with E-state index in [1.54, 1.807) is 0 Å². The first-order valence-corrected chi connectivity index (χ1v) is 7.43. The molecular formula is C15H26N4. The molecule has 0 saturated heterocycles. The zero-order valence-electron chi connectivity index (χ0n) is 12.2. The molecule has 1 atom stereocenters. The van der Waals surface area contributed by atoms with Crippen molar-refractivity contribution in [2.75, 3.05) is 0 Å². The number of aromatic nitrogens is 2. The normalized spacial score (nSPS) is 21.3. The molecule has 1 aliphatic rings. The van der Waals surface area contributed by atoms with Crippen LogP contribution < -0.4 is 11.3 Å². The number of hydrogen-bond donors (Lipinski definition) is 2. The maximum absolute atomic E-state index is 5.83. The van der Waals surface area contributed by atoms with E-state index in [-0.39, 0.29) is 6.04 Å². The van der Waals surface area contributed by atoms with E-state index in [0.29, 0.717) is 0 Å². The average molecular weight is 262 g/mol. The van der Waals surface area contributed by atoms with Gasteiger partial charge < -0.3 is 0 Å². The average Bonchev–Trinajstić information content (AvgIpc) is 2.73. The minimum Gasteiger partial charge on any atom is -0.275 e. The molecule has 0 fully saturated rings. The molecule has 4 heteroatoms. The number of nitrogens with one attached hydrogen (secondary N) is 1. The second-order valence-electron chi connectivity index (χ2n) is 5.39. The zero-order chi connectivity index (χ0) is 13.7. The number of hydrazine groups is 1. The Morgan fingerprint density at radius 2 is 2.16 bits per heavy atom. The standard InChI is InChI=1S/C15H26N4/c1-3-14-13(11-19(2)18-14)15(17-16)12-9-7-5-4-6-8-10-12/h9,11,15,17H,3-8,10,16H2,1-2H3/b12-9+. The fraction of sp³-hybridized carbons (Fsp3) is 0.667. The summed E-state index contributed by atoms with van der Waals surface area (Å²) in [5.41, 5.74) is 6.82. The molecule has 0 amide bonds. The molecule has 1 aliphatic carbocycles. The van der Waals surface area contributed by atoms with E-state index in [2.05, 4.69) is 29.7 Å². The molecular weight excluding hydrogens is 236 g/mol. The first-order valence-electron chi connectivity index (χ1n) is 7.43. The van der Waals surface area contributed by atoms with Crippen molar-refractivity contribution in [2.24, 2.45) is 12.9 Å². The highest BCUT2D eigenvalue weighted by Gasteiger charge is 2.20. The van der Waals surface area contributed by atoms with Crippen molar-refractivity contribution >= 4 is 0 Å². The van der Waals surface area contributed by atoms with Gasteiger partial charge in [-0.05, 0) is 32.1 Å². The van der Waals surface area contributed by atoms with Crippen molar-refractivity contribution in [2.45, 2.75) is 57.9 Å². The van der Waals surface area contributed by atoms with Crippen molar-refractivity contribution in [1.29, 1.82) is 0 Å². The largest absolute Gasteiger partial charge is 0.275 e. The lowest BCUT2D eigenvalue weighted by Gasteiger charge is -2.21. The van der Waals surface area contributed by atoms with Gasteiger partial charge >= 0.3 is 0 Å². The van der Waals surface area contributed by atoms with E-state index in [0.717, 1.165) is 18.5 Å². The van der Waals surface area contributed by atoms with E-state index in [9.17, 15) is 0 Å². The minimum absolute atomic E-state index is 0.127. The van der Waals surface area contributed by atoms with Gasteiger partial charge in [-0.2, -0.15) is 5.10 Å². The van der Waals surface area contributed by atoms with Gasteiger partial charge in [-0.15, -0.1) is 0 Å². The van der Waals surface area contributed by atoms with Crippen LogP contribution in [-0.4, -0.2) is 9.78 Å². The lowest BCUT2D eigenvalue weighted by atomic mass is 9.91. The molecule has 2 rings (SSSR count). The van der Waals surface area contributed by atoms with Crippen LogP contribution in [0.5, 0.6) is 0 Å². The van der Waals surface area contributed by atoms with E-state index < -0.39 is 0 Å². The maximum atomic E-state index is 5.83. The maximum Gasteiger partial charge on any atom is 0.0703 e. The monoisotopic (exact) mass is 262 g/mol. The Kier molecular flexibility index (Phi) is 5.16. The number of allylic oxidation sites excluding steroid dienone is 1. The molecule has 4 nitrogen and oxygen atoms in total. The fourth-order valence-electron chi connectivity index (χ4n) is 2.94. The summed E-state index contributed by atoms with van der Waals surface area (Å²) in [5, 5.41) is 4.53. The van der Waals surface area contributed by atoms with Crippen molar-refractivity contribution in [3.05, 3.63) is 29.1 Å². The Hall–Kier alpha value is -1.13. The summed E-state index contributed by atoms with van der Waals surface area (Å²) in [6, 6.07) is 0.127. The van der Waals surface area contributed by atoms with Crippen molar-refractivity contribution in [3.8, 4) is 0 Å². The summed E-state index contributed by atoms with van der Waals surface area (Å²) in [6.07, 6.45) is 13.0. The second-order valence-corrected chi connectivity index (χ2v) is 5.39. The summed E-state index contributed by atoms with van der Waals surface area (Å²) in [6.45, 7) is 2.14. The molecule has 1 heterocycles. The second kappa shape index (κ2) is 6.87. The summed E-state index contributed by atoms with van der Waals surface area (Å²) in [7, 11) is 1.97. The molecule has 0 bridgehead atoms. The van der Waals surface area contributed by atoms with E-state index in [1.807, 2.05) is 11.7 Å². The lowest BCUT2D eigenvalue weighted by Crippen LogP contribution is -2.30. The molecule has 0 radical (unpaired) electrons. The van der Waals surface area contributed by atoms with Crippen LogP contribution in [0.25, 0.3) is 0 Å². The Balaban J connectivity index is 2.26. The molecule has 0 saturated carbocycles. The van der Waals surface area contributed by atoms with E-state index in [1.165, 1.54) is 43.2 Å². The van der Waals surface area contributed by atoms with Crippen molar-refractivity contribution in [3.63, 3.8) is 0 Å². The Bertz CT molecular complexity index is 433. The van der Waals surface area contributed by atoms with Gasteiger partial charge in [0.15, 0.2) is 0 Å². The van der Waals surface area contributed by atoms with Crippen LogP contribution in [0.2, 0.25) is 0 Å². The summed E-state index contributed by atoms with van der Waals surface area (Å²) >= 11 is 0. The van der Waals surface area contributed by atoms with Crippen LogP contribution in [0.4, 0.5) is 0 Å². The molecule has 106 valence electrons. The third kappa shape index (κ3) is 3.45. The Morgan fingerprint density at radius 1 is 1.37 bits per heavy atom. The van der Waals surface area contributed by atoms with Gasteiger partial charge in [0.05, 0.1) is 11.7 Å². The molecule has 0 spiro atoms. The van der Waals surface area contributed by atoms with Crippen LogP contribution in [0.3, 0.4) is 0 Å². The third-order valence-electron chi connectivity index (χ3n) is 3.95. The van der Waals surface area contributed by atoms with E-state index >= 15 is 0 Å². The molecule has 1 aromatic rings. The summed E-state index contributed by atoms with van der Waals surface area (Å²) in [4.78, 5) is 0. The third-order valence-corrected chi connectivity index (χ3v) is 3.95. The fourth-order valence-corrected chi connectivity index (χ4v) is 2.94. The van der Waals surface area contributed by atoms with Gasteiger partial charge in [-0.3, -0.25) is 10.5 Å². The Labute approximate surface area is 116 Å². The van der Waals surface area contributed by atoms with Gasteiger partial charge in [0, 0.05) is 18.8 Å². The predicted octanol–water partition coefficient (Wildman–Crippen LogP) is 2.77. The van der Waals surface area contributed by atoms with Crippen LogP contribution in [0, 0.1) is 0 Å². The molecule has 19 heavy (non-hydrogen) atoms. The lowest BCUT2D eigenvalue weighted by molar-refractivity contribution is 0.553. The quantitative estimate of drug-likeness (QED) is 0.498. The number of nitrogens with zero attached hydrogens (tertiary/aromatic N) is 2. The van der Waals surface area contributed by atoms with Crippen LogP contribution in [-0.2, 0) is 13.5 Å². The highest BCUT2D eigenvalue weighted by molar-refractivity contribution is 5.30. The van der Waals surface area contributed by atoms with Crippen molar-refractivity contribution in [1.82, 2.24) is 15.2 Å². The number of rotatable bonds is 4. The van der Waals surface area contributed by atoms with Gasteiger partial charge in [0.25, 0.3) is 0 Å². The van der Waals surface area contributed by atoms with Crippen molar-refractivity contribution < 1.29 is 0 Å². The topological polar surface area (TPSA) is 55.9 Å². The first-order chi connectivity index (χ1) is 9.26. The molecule has 1 aromatic heterocycles. The number of nitrogens with two attached hydrogens (primary N) is 1. The molecule has 0 aromatic carbocycles. The van der Waals surface area contributed by atoms with Gasteiger partial charge in [0.2, 0.25) is 0 Å². The highest BCUT2D eigenvalue weighted by atomic mass is 15.3. The molecule has 3 N–H and O–H groups in total. The minimum atomic E-state index is 0.127. The van der Waals surface area contributed by atoms with Crippen LogP contribution >= 0.6 is 0 Å². The smallest absolute Gasteiger partial charge is 0.0703 e. The van der Waals surface area contributed by atoms with Gasteiger partial charge in [0.1, 0.15) is 0 Å². The highest BCUT2D eigenvalue weighted by Crippen LogP contribution is 2.29. The SMILES string of the molecule is CCc1nn(C)cc1C(NN)/C1=C/CCCCCC1. The zero-order valence-corrected chi connectivity index (χ0v) is 12.2. The number of aryl methyl sites for hydroxylation is 2. The molecule has 1 unspecified atom stereocenters. The van der Waals surface area contributed by atoms with E-state index in [4.69, 9.17) is 5.84 Å². The summed E-state index contributed by atoms with van der Waals surface area (Å²) in [5.74, 6) is 5.83. The van der Waals surface area contributed by atoms with Gasteiger partial charge in [-0.1, -0.05) is 31.4 Å². The van der Waals surface area contributed by atoms with Gasteiger partial charge in [-0.25, -0.2) is 5.43 Å². The predicted molar refractivity (Wildman–Crippen MR) is 78.4 cm³/mol. The Morgan fingerprint density at radius 3 is 2.89 bits per heavy atom. The van der Waals surface area contributed by atoms with Crippen LogP contribution in [0.1, 0.15) is 62.7 Å². The number of hydrogen-bond acceptors (Lipinski definition) is 3. The van der Waals surface area contributed by atoms with Crippen LogP contribution in [0.15, 0.2) is 17.8 Å². The summed E-state index contributed by atoms with van der Waals surface area (Å²) < 4.78 is 1.89. The first kappa shape index (κ1) is 14.3. The molecule has 0 aliphatic heterocycles.